The Morgan fingerprint density at radius 1 is 1.30 bits per heavy atom. The molecular formula is C15H17Br2NOS. The van der Waals surface area contributed by atoms with Crippen LogP contribution in [0.25, 0.3) is 0 Å². The minimum Gasteiger partial charge on any atom is -0.496 e. The number of methoxy groups -OCH3 is 1. The number of hydrogen-bond acceptors (Lipinski definition) is 3. The number of benzene rings is 1. The highest BCUT2D eigenvalue weighted by atomic mass is 79.9. The summed E-state index contributed by atoms with van der Waals surface area (Å²) in [4.78, 5) is 1.29. The second-order valence-corrected chi connectivity index (χ2v) is 7.75. The van der Waals surface area contributed by atoms with E-state index in [0.29, 0.717) is 0 Å². The zero-order valence-corrected chi connectivity index (χ0v) is 15.7. The van der Waals surface area contributed by atoms with Gasteiger partial charge >= 0.3 is 0 Å². The third kappa shape index (κ3) is 3.45. The zero-order valence-electron chi connectivity index (χ0n) is 11.7. The van der Waals surface area contributed by atoms with Crippen molar-refractivity contribution in [3.63, 3.8) is 0 Å². The molecule has 0 saturated heterocycles. The molecule has 1 N–H and O–H groups in total. The van der Waals surface area contributed by atoms with Crippen LogP contribution in [-0.2, 0) is 0 Å². The van der Waals surface area contributed by atoms with E-state index >= 15 is 0 Å². The lowest BCUT2D eigenvalue weighted by molar-refractivity contribution is 0.411. The molecule has 0 saturated carbocycles. The topological polar surface area (TPSA) is 21.3 Å². The van der Waals surface area contributed by atoms with Crippen molar-refractivity contribution in [2.45, 2.75) is 19.9 Å². The minimum absolute atomic E-state index is 0.206. The Balaban J connectivity index is 2.40. The number of thiophene rings is 1. The van der Waals surface area contributed by atoms with E-state index < -0.39 is 0 Å². The molecule has 20 heavy (non-hydrogen) atoms. The number of halogens is 2. The quantitative estimate of drug-likeness (QED) is 0.712. The maximum absolute atomic E-state index is 5.34. The molecule has 1 unspecified atom stereocenters. The zero-order chi connectivity index (χ0) is 14.7. The summed E-state index contributed by atoms with van der Waals surface area (Å²) in [6, 6.07) is 8.72. The summed E-state index contributed by atoms with van der Waals surface area (Å²) in [5.74, 6) is 0.928. The molecule has 2 rings (SSSR count). The molecule has 0 aliphatic heterocycles. The SMILES string of the molecule is CCNC(c1ccc(OC)c(C)c1)c1cc(Br)c(Br)s1. The van der Waals surface area contributed by atoms with Crippen LogP contribution in [0.3, 0.4) is 0 Å². The first-order chi connectivity index (χ1) is 9.56. The lowest BCUT2D eigenvalue weighted by Gasteiger charge is -2.18. The van der Waals surface area contributed by atoms with E-state index in [1.54, 1.807) is 18.4 Å². The molecule has 1 aromatic carbocycles. The Kier molecular flexibility index (Phi) is 5.66. The van der Waals surface area contributed by atoms with Crippen molar-refractivity contribution in [2.24, 2.45) is 0 Å². The second kappa shape index (κ2) is 7.07. The highest BCUT2D eigenvalue weighted by Crippen LogP contribution is 2.38. The fourth-order valence-electron chi connectivity index (χ4n) is 2.17. The average Bonchev–Trinajstić information content (AvgIpc) is 2.75. The average molecular weight is 419 g/mol. The summed E-state index contributed by atoms with van der Waals surface area (Å²) >= 11 is 8.88. The summed E-state index contributed by atoms with van der Waals surface area (Å²) < 4.78 is 7.56. The lowest BCUT2D eigenvalue weighted by Crippen LogP contribution is -2.21. The van der Waals surface area contributed by atoms with Gasteiger partial charge in [-0.15, -0.1) is 11.3 Å². The maximum atomic E-state index is 5.34. The molecule has 5 heteroatoms. The van der Waals surface area contributed by atoms with E-state index in [1.807, 2.05) is 6.07 Å². The molecule has 0 fully saturated rings. The normalized spacial score (nSPS) is 12.4. The first-order valence-corrected chi connectivity index (χ1v) is 8.79. The summed E-state index contributed by atoms with van der Waals surface area (Å²) in [6.07, 6.45) is 0. The molecule has 0 radical (unpaired) electrons. The first kappa shape index (κ1) is 16.0. The minimum atomic E-state index is 0.206. The van der Waals surface area contributed by atoms with Crippen LogP contribution in [0.1, 0.15) is 29.0 Å². The van der Waals surface area contributed by atoms with Crippen molar-refractivity contribution in [2.75, 3.05) is 13.7 Å². The van der Waals surface area contributed by atoms with Gasteiger partial charge in [0, 0.05) is 9.35 Å². The molecule has 0 aliphatic rings. The highest BCUT2D eigenvalue weighted by molar-refractivity contribution is 9.13. The predicted molar refractivity (Wildman–Crippen MR) is 93.0 cm³/mol. The van der Waals surface area contributed by atoms with Gasteiger partial charge in [0.2, 0.25) is 0 Å². The second-order valence-electron chi connectivity index (χ2n) is 4.49. The number of rotatable bonds is 5. The molecule has 0 spiro atoms. The number of ether oxygens (including phenoxy) is 1. The van der Waals surface area contributed by atoms with E-state index in [0.717, 1.165) is 26.1 Å². The summed E-state index contributed by atoms with van der Waals surface area (Å²) in [7, 11) is 1.71. The van der Waals surface area contributed by atoms with Crippen LogP contribution in [0.4, 0.5) is 0 Å². The van der Waals surface area contributed by atoms with Gasteiger partial charge in [0.25, 0.3) is 0 Å². The summed E-state index contributed by atoms with van der Waals surface area (Å²) in [5.41, 5.74) is 2.41. The standard InChI is InChI=1S/C15H17Br2NOS/c1-4-18-14(13-8-11(16)15(17)20-13)10-5-6-12(19-3)9(2)7-10/h5-8,14,18H,4H2,1-3H3. The van der Waals surface area contributed by atoms with Gasteiger partial charge < -0.3 is 10.1 Å². The Hall–Kier alpha value is -0.360. The molecule has 108 valence electrons. The predicted octanol–water partition coefficient (Wildman–Crippen LogP) is 5.29. The molecule has 0 bridgehead atoms. The van der Waals surface area contributed by atoms with Crippen molar-refractivity contribution in [1.82, 2.24) is 5.32 Å². The summed E-state index contributed by atoms with van der Waals surface area (Å²) in [5, 5.41) is 3.55. The Morgan fingerprint density at radius 3 is 2.55 bits per heavy atom. The van der Waals surface area contributed by atoms with Crippen LogP contribution >= 0.6 is 43.2 Å². The van der Waals surface area contributed by atoms with Gasteiger partial charge in [0.1, 0.15) is 5.75 Å². The largest absolute Gasteiger partial charge is 0.496 e. The van der Waals surface area contributed by atoms with Crippen LogP contribution in [0.2, 0.25) is 0 Å². The molecular weight excluding hydrogens is 402 g/mol. The van der Waals surface area contributed by atoms with E-state index in [-0.39, 0.29) is 6.04 Å². The highest BCUT2D eigenvalue weighted by Gasteiger charge is 2.17. The van der Waals surface area contributed by atoms with E-state index in [1.165, 1.54) is 10.4 Å². The molecule has 1 heterocycles. The van der Waals surface area contributed by atoms with E-state index in [4.69, 9.17) is 4.74 Å². The molecule has 2 nitrogen and oxygen atoms in total. The van der Waals surface area contributed by atoms with Gasteiger partial charge in [-0.25, -0.2) is 0 Å². The third-order valence-electron chi connectivity index (χ3n) is 3.11. The molecule has 1 aromatic heterocycles. The van der Waals surface area contributed by atoms with E-state index in [2.05, 4.69) is 69.2 Å². The number of nitrogens with one attached hydrogen (secondary N) is 1. The summed E-state index contributed by atoms with van der Waals surface area (Å²) in [6.45, 7) is 5.12. The van der Waals surface area contributed by atoms with E-state index in [9.17, 15) is 0 Å². The Bertz CT molecular complexity index is 578. The maximum Gasteiger partial charge on any atom is 0.121 e. The van der Waals surface area contributed by atoms with Crippen LogP contribution in [0.5, 0.6) is 5.75 Å². The van der Waals surface area contributed by atoms with Crippen LogP contribution in [0.15, 0.2) is 32.5 Å². The number of aryl methyl sites for hydroxylation is 1. The molecule has 0 aliphatic carbocycles. The number of hydrogen-bond donors (Lipinski definition) is 1. The van der Waals surface area contributed by atoms with Gasteiger partial charge in [0.05, 0.1) is 16.9 Å². The monoisotopic (exact) mass is 417 g/mol. The van der Waals surface area contributed by atoms with Crippen LogP contribution in [-0.4, -0.2) is 13.7 Å². The van der Waals surface area contributed by atoms with Crippen molar-refractivity contribution >= 4 is 43.2 Å². The lowest BCUT2D eigenvalue weighted by atomic mass is 10.0. The van der Waals surface area contributed by atoms with Gasteiger partial charge in [-0.1, -0.05) is 19.1 Å². The smallest absolute Gasteiger partial charge is 0.121 e. The van der Waals surface area contributed by atoms with Crippen molar-refractivity contribution in [1.29, 1.82) is 0 Å². The van der Waals surface area contributed by atoms with Gasteiger partial charge in [-0.2, -0.15) is 0 Å². The fourth-order valence-corrected chi connectivity index (χ4v) is 4.37. The van der Waals surface area contributed by atoms with Gasteiger partial charge in [-0.05, 0) is 68.6 Å². The molecule has 1 atom stereocenters. The van der Waals surface area contributed by atoms with Crippen molar-refractivity contribution in [3.05, 3.63) is 48.5 Å². The fraction of sp³-hybridized carbons (Fsp3) is 0.333. The van der Waals surface area contributed by atoms with Crippen LogP contribution in [0, 0.1) is 6.92 Å². The Morgan fingerprint density at radius 2 is 2.05 bits per heavy atom. The van der Waals surface area contributed by atoms with Crippen molar-refractivity contribution in [3.8, 4) is 5.75 Å². The molecule has 2 aromatic rings. The molecule has 0 amide bonds. The third-order valence-corrected chi connectivity index (χ3v) is 6.43. The Labute approximate surface area is 140 Å². The van der Waals surface area contributed by atoms with Crippen LogP contribution < -0.4 is 10.1 Å². The first-order valence-electron chi connectivity index (χ1n) is 6.39. The van der Waals surface area contributed by atoms with Crippen molar-refractivity contribution < 1.29 is 4.74 Å². The van der Waals surface area contributed by atoms with Gasteiger partial charge in [-0.3, -0.25) is 0 Å². The van der Waals surface area contributed by atoms with Gasteiger partial charge in [0.15, 0.2) is 0 Å².